The highest BCUT2D eigenvalue weighted by molar-refractivity contribution is 5.90. The van der Waals surface area contributed by atoms with Gasteiger partial charge in [-0.3, -0.25) is 9.48 Å². The molecule has 0 saturated heterocycles. The minimum absolute atomic E-state index is 0.118. The number of methoxy groups -OCH3 is 1. The van der Waals surface area contributed by atoms with Crippen molar-refractivity contribution in [2.45, 2.75) is 26.0 Å². The topological polar surface area (TPSA) is 82.2 Å². The summed E-state index contributed by atoms with van der Waals surface area (Å²) in [4.78, 5) is 11.6. The van der Waals surface area contributed by atoms with E-state index in [1.165, 1.54) is 0 Å². The van der Waals surface area contributed by atoms with Gasteiger partial charge in [-0.2, -0.15) is 5.10 Å². The van der Waals surface area contributed by atoms with Crippen molar-refractivity contribution >= 4 is 11.6 Å². The Kier molecular flexibility index (Phi) is 4.94. The molecular formula is C10H18N4O2. The van der Waals surface area contributed by atoms with E-state index in [1.54, 1.807) is 24.2 Å². The molecule has 0 radical (unpaired) electrons. The van der Waals surface area contributed by atoms with E-state index in [-0.39, 0.29) is 18.4 Å². The molecule has 1 heterocycles. The maximum atomic E-state index is 11.6. The summed E-state index contributed by atoms with van der Waals surface area (Å²) in [5.41, 5.74) is 6.12. The number of aromatic nitrogens is 2. The first-order valence-electron chi connectivity index (χ1n) is 5.24. The lowest BCUT2D eigenvalue weighted by molar-refractivity contribution is -0.118. The molecule has 1 rings (SSSR count). The van der Waals surface area contributed by atoms with Gasteiger partial charge in [0.25, 0.3) is 0 Å². The maximum Gasteiger partial charge on any atom is 0.227 e. The average Bonchev–Trinajstić information content (AvgIpc) is 2.73. The molecule has 0 aromatic carbocycles. The van der Waals surface area contributed by atoms with Gasteiger partial charge in [-0.15, -0.1) is 0 Å². The highest BCUT2D eigenvalue weighted by Gasteiger charge is 2.11. The van der Waals surface area contributed by atoms with E-state index < -0.39 is 0 Å². The SMILES string of the molecule is CCn1cc(NC(=O)CC(CN)OC)cn1. The van der Waals surface area contributed by atoms with Gasteiger partial charge in [-0.25, -0.2) is 0 Å². The van der Waals surface area contributed by atoms with Crippen LogP contribution in [0.15, 0.2) is 12.4 Å². The van der Waals surface area contributed by atoms with Crippen molar-refractivity contribution in [2.24, 2.45) is 5.73 Å². The third kappa shape index (κ3) is 3.63. The number of rotatable bonds is 6. The van der Waals surface area contributed by atoms with Crippen LogP contribution < -0.4 is 11.1 Å². The van der Waals surface area contributed by atoms with E-state index in [2.05, 4.69) is 10.4 Å². The van der Waals surface area contributed by atoms with Gasteiger partial charge in [0.15, 0.2) is 0 Å². The molecule has 1 aromatic rings. The van der Waals surface area contributed by atoms with Crippen molar-refractivity contribution in [3.8, 4) is 0 Å². The lowest BCUT2D eigenvalue weighted by atomic mass is 10.2. The van der Waals surface area contributed by atoms with Crippen LogP contribution in [-0.4, -0.2) is 35.4 Å². The number of nitrogens with zero attached hydrogens (tertiary/aromatic N) is 2. The van der Waals surface area contributed by atoms with Gasteiger partial charge in [-0.1, -0.05) is 0 Å². The Morgan fingerprint density at radius 2 is 2.50 bits per heavy atom. The van der Waals surface area contributed by atoms with Crippen molar-refractivity contribution in [1.29, 1.82) is 0 Å². The first-order valence-corrected chi connectivity index (χ1v) is 5.24. The summed E-state index contributed by atoms with van der Waals surface area (Å²) in [7, 11) is 1.54. The van der Waals surface area contributed by atoms with Crippen molar-refractivity contribution in [1.82, 2.24) is 9.78 Å². The number of nitrogens with two attached hydrogens (primary N) is 1. The van der Waals surface area contributed by atoms with Crippen LogP contribution in [0, 0.1) is 0 Å². The summed E-state index contributed by atoms with van der Waals surface area (Å²) in [6, 6.07) is 0. The van der Waals surface area contributed by atoms with Crippen LogP contribution in [0.2, 0.25) is 0 Å². The lowest BCUT2D eigenvalue weighted by Crippen LogP contribution is -2.28. The van der Waals surface area contributed by atoms with Gasteiger partial charge >= 0.3 is 0 Å². The predicted octanol–water partition coefficient (Wildman–Crippen LogP) is 0.205. The van der Waals surface area contributed by atoms with Crippen LogP contribution in [-0.2, 0) is 16.1 Å². The minimum Gasteiger partial charge on any atom is -0.380 e. The molecule has 0 bridgehead atoms. The molecule has 1 amide bonds. The van der Waals surface area contributed by atoms with Gasteiger partial charge in [0, 0.05) is 26.4 Å². The van der Waals surface area contributed by atoms with Crippen LogP contribution >= 0.6 is 0 Å². The Morgan fingerprint density at radius 1 is 1.75 bits per heavy atom. The third-order valence-electron chi connectivity index (χ3n) is 2.25. The number of anilines is 1. The molecule has 6 nitrogen and oxygen atoms in total. The monoisotopic (exact) mass is 226 g/mol. The van der Waals surface area contributed by atoms with Gasteiger partial charge in [0.05, 0.1) is 24.4 Å². The van der Waals surface area contributed by atoms with E-state index in [4.69, 9.17) is 10.5 Å². The number of carbonyl (C=O) groups excluding carboxylic acids is 1. The zero-order valence-corrected chi connectivity index (χ0v) is 9.64. The molecule has 1 atom stereocenters. The van der Waals surface area contributed by atoms with Crippen LogP contribution in [0.1, 0.15) is 13.3 Å². The first-order chi connectivity index (χ1) is 7.69. The molecule has 0 saturated carbocycles. The maximum absolute atomic E-state index is 11.6. The van der Waals surface area contributed by atoms with Crippen LogP contribution in [0.3, 0.4) is 0 Å². The molecule has 0 fully saturated rings. The molecule has 0 aliphatic carbocycles. The fraction of sp³-hybridized carbons (Fsp3) is 0.600. The smallest absolute Gasteiger partial charge is 0.227 e. The van der Waals surface area contributed by atoms with E-state index >= 15 is 0 Å². The summed E-state index contributed by atoms with van der Waals surface area (Å²) < 4.78 is 6.77. The molecule has 0 spiro atoms. The van der Waals surface area contributed by atoms with Crippen molar-refractivity contribution in [3.05, 3.63) is 12.4 Å². The van der Waals surface area contributed by atoms with Crippen molar-refractivity contribution < 1.29 is 9.53 Å². The minimum atomic E-state index is -0.235. The number of amides is 1. The summed E-state index contributed by atoms with van der Waals surface area (Å²) in [5.74, 6) is -0.118. The van der Waals surface area contributed by atoms with Crippen molar-refractivity contribution in [3.63, 3.8) is 0 Å². The Bertz CT molecular complexity index is 333. The second-order valence-electron chi connectivity index (χ2n) is 3.43. The summed E-state index contributed by atoms with van der Waals surface area (Å²) in [6.07, 6.45) is 3.42. The molecule has 0 aliphatic heterocycles. The highest BCUT2D eigenvalue weighted by Crippen LogP contribution is 2.06. The molecule has 6 heteroatoms. The average molecular weight is 226 g/mol. The highest BCUT2D eigenvalue weighted by atomic mass is 16.5. The lowest BCUT2D eigenvalue weighted by Gasteiger charge is -2.11. The molecule has 1 aromatic heterocycles. The molecule has 0 aliphatic rings. The number of hydrogen-bond acceptors (Lipinski definition) is 4. The second-order valence-corrected chi connectivity index (χ2v) is 3.43. The molecular weight excluding hydrogens is 208 g/mol. The largest absolute Gasteiger partial charge is 0.380 e. The zero-order chi connectivity index (χ0) is 12.0. The number of ether oxygens (including phenoxy) is 1. The van der Waals surface area contributed by atoms with E-state index in [1.807, 2.05) is 6.92 Å². The van der Waals surface area contributed by atoms with Crippen molar-refractivity contribution in [2.75, 3.05) is 19.0 Å². The molecule has 90 valence electrons. The third-order valence-corrected chi connectivity index (χ3v) is 2.25. The number of aryl methyl sites for hydroxylation is 1. The molecule has 1 unspecified atom stereocenters. The van der Waals surface area contributed by atoms with Gasteiger partial charge < -0.3 is 15.8 Å². The zero-order valence-electron chi connectivity index (χ0n) is 9.64. The van der Waals surface area contributed by atoms with E-state index in [0.717, 1.165) is 6.54 Å². The van der Waals surface area contributed by atoms with Gasteiger partial charge in [0.1, 0.15) is 0 Å². The summed E-state index contributed by atoms with van der Waals surface area (Å²) in [5, 5.41) is 6.79. The van der Waals surface area contributed by atoms with E-state index in [9.17, 15) is 4.79 Å². The Balaban J connectivity index is 2.44. The summed E-state index contributed by atoms with van der Waals surface area (Å²) in [6.45, 7) is 3.09. The second kappa shape index (κ2) is 6.24. The van der Waals surface area contributed by atoms with Gasteiger partial charge in [0.2, 0.25) is 5.91 Å². The number of nitrogens with one attached hydrogen (secondary N) is 1. The Labute approximate surface area is 94.8 Å². The number of hydrogen-bond donors (Lipinski definition) is 2. The first kappa shape index (κ1) is 12.7. The molecule has 3 N–H and O–H groups in total. The van der Waals surface area contributed by atoms with E-state index in [0.29, 0.717) is 12.2 Å². The standard InChI is InChI=1S/C10H18N4O2/c1-3-14-7-8(6-12-14)13-10(15)4-9(5-11)16-2/h6-7,9H,3-5,11H2,1-2H3,(H,13,15). The van der Waals surface area contributed by atoms with Gasteiger partial charge in [-0.05, 0) is 6.92 Å². The predicted molar refractivity (Wildman–Crippen MR) is 61.0 cm³/mol. The van der Waals surface area contributed by atoms with Crippen LogP contribution in [0.5, 0.6) is 0 Å². The Hall–Kier alpha value is -1.40. The quantitative estimate of drug-likeness (QED) is 0.726. The normalized spacial score (nSPS) is 12.4. The summed E-state index contributed by atoms with van der Waals surface area (Å²) >= 11 is 0. The fourth-order valence-electron chi connectivity index (χ4n) is 1.28. The molecule has 16 heavy (non-hydrogen) atoms. The van der Waals surface area contributed by atoms with Crippen LogP contribution in [0.25, 0.3) is 0 Å². The number of carbonyl (C=O) groups is 1. The van der Waals surface area contributed by atoms with Crippen LogP contribution in [0.4, 0.5) is 5.69 Å². The fourth-order valence-corrected chi connectivity index (χ4v) is 1.28. The Morgan fingerprint density at radius 3 is 3.00 bits per heavy atom.